The number of likely N-dealkylation sites (tertiary alicyclic amines) is 1. The normalized spacial score (nSPS) is 19.4. The summed E-state index contributed by atoms with van der Waals surface area (Å²) in [6.07, 6.45) is 13.5. The van der Waals surface area contributed by atoms with Crippen LogP contribution in [0.2, 0.25) is 0 Å². The van der Waals surface area contributed by atoms with E-state index in [1.807, 2.05) is 12.1 Å². The predicted molar refractivity (Wildman–Crippen MR) is 103 cm³/mol. The Morgan fingerprint density at radius 3 is 2.58 bits per heavy atom. The molecule has 0 radical (unpaired) electrons. The van der Waals surface area contributed by atoms with Gasteiger partial charge in [0.1, 0.15) is 0 Å². The maximum atomic E-state index is 5.72. The van der Waals surface area contributed by atoms with Crippen LogP contribution < -0.4 is 11.1 Å². The van der Waals surface area contributed by atoms with Crippen molar-refractivity contribution in [2.24, 2.45) is 5.92 Å². The molecule has 0 saturated carbocycles. The molecule has 1 aliphatic carbocycles. The molecule has 0 amide bonds. The highest BCUT2D eigenvalue weighted by molar-refractivity contribution is 5.39. The topological polar surface area (TPSA) is 41.3 Å². The summed E-state index contributed by atoms with van der Waals surface area (Å²) >= 11 is 0. The molecule has 130 valence electrons. The molecule has 3 rings (SSSR count). The quantitative estimate of drug-likeness (QED) is 0.593. The standard InChI is InChI=1S/C21H31N3/c22-21-8-6-19(7-9-21)16-23-13-10-18-11-14-24(15-12-18)17-20-4-2-1-3-5-20/h2,4-9,18,23H,1,3,10-17,22H2. The van der Waals surface area contributed by atoms with Crippen LogP contribution in [0, 0.1) is 5.92 Å². The predicted octanol–water partition coefficient (Wildman–Crippen LogP) is 3.74. The van der Waals surface area contributed by atoms with Gasteiger partial charge in [-0.1, -0.05) is 30.4 Å². The SMILES string of the molecule is Nc1ccc(CNCCC2CCN(CC3=CCCC=C3)CC2)cc1. The molecule has 1 aromatic rings. The lowest BCUT2D eigenvalue weighted by Crippen LogP contribution is -2.35. The lowest BCUT2D eigenvalue weighted by Gasteiger charge is -2.32. The lowest BCUT2D eigenvalue weighted by molar-refractivity contribution is 0.191. The molecular weight excluding hydrogens is 294 g/mol. The van der Waals surface area contributed by atoms with E-state index in [4.69, 9.17) is 5.73 Å². The highest BCUT2D eigenvalue weighted by atomic mass is 15.1. The summed E-state index contributed by atoms with van der Waals surface area (Å²) in [7, 11) is 0. The molecule has 1 aromatic carbocycles. The monoisotopic (exact) mass is 325 g/mol. The lowest BCUT2D eigenvalue weighted by atomic mass is 9.93. The molecule has 3 heteroatoms. The van der Waals surface area contributed by atoms with E-state index in [1.165, 1.54) is 56.3 Å². The van der Waals surface area contributed by atoms with E-state index in [0.717, 1.165) is 31.2 Å². The van der Waals surface area contributed by atoms with E-state index in [9.17, 15) is 0 Å². The van der Waals surface area contributed by atoms with Gasteiger partial charge in [0.15, 0.2) is 0 Å². The number of hydrogen-bond donors (Lipinski definition) is 2. The summed E-state index contributed by atoms with van der Waals surface area (Å²) in [6, 6.07) is 8.16. The average molecular weight is 326 g/mol. The van der Waals surface area contributed by atoms with Gasteiger partial charge in [0.2, 0.25) is 0 Å². The van der Waals surface area contributed by atoms with Crippen LogP contribution in [0.3, 0.4) is 0 Å². The highest BCUT2D eigenvalue weighted by Crippen LogP contribution is 2.21. The van der Waals surface area contributed by atoms with Crippen molar-refractivity contribution in [1.82, 2.24) is 10.2 Å². The van der Waals surface area contributed by atoms with Gasteiger partial charge in [-0.05, 0) is 80.9 Å². The van der Waals surface area contributed by atoms with Crippen LogP contribution in [0.15, 0.2) is 48.1 Å². The van der Waals surface area contributed by atoms with Gasteiger partial charge in [-0.3, -0.25) is 4.90 Å². The summed E-state index contributed by atoms with van der Waals surface area (Å²) in [5.74, 6) is 0.885. The molecule has 3 nitrogen and oxygen atoms in total. The van der Waals surface area contributed by atoms with Crippen molar-refractivity contribution in [3.05, 3.63) is 53.6 Å². The Bertz CT molecular complexity index is 551. The maximum Gasteiger partial charge on any atom is 0.0314 e. The van der Waals surface area contributed by atoms with Crippen LogP contribution in [-0.4, -0.2) is 31.1 Å². The highest BCUT2D eigenvalue weighted by Gasteiger charge is 2.19. The summed E-state index contributed by atoms with van der Waals surface area (Å²) in [6.45, 7) is 5.72. The smallest absolute Gasteiger partial charge is 0.0314 e. The largest absolute Gasteiger partial charge is 0.399 e. The zero-order valence-corrected chi connectivity index (χ0v) is 14.7. The number of nitrogens with two attached hydrogens (primary N) is 1. The molecule has 24 heavy (non-hydrogen) atoms. The Balaban J connectivity index is 1.29. The van der Waals surface area contributed by atoms with Crippen molar-refractivity contribution in [3.63, 3.8) is 0 Å². The van der Waals surface area contributed by atoms with Gasteiger partial charge < -0.3 is 11.1 Å². The summed E-state index contributed by atoms with van der Waals surface area (Å²) < 4.78 is 0. The number of rotatable bonds is 7. The molecule has 0 aromatic heterocycles. The number of allylic oxidation sites excluding steroid dienone is 2. The van der Waals surface area contributed by atoms with Gasteiger partial charge in [0.25, 0.3) is 0 Å². The zero-order chi connectivity index (χ0) is 16.6. The number of piperidine rings is 1. The van der Waals surface area contributed by atoms with E-state index in [1.54, 1.807) is 0 Å². The Morgan fingerprint density at radius 2 is 1.88 bits per heavy atom. The molecule has 0 atom stereocenters. The van der Waals surface area contributed by atoms with Crippen molar-refractivity contribution < 1.29 is 0 Å². The first-order valence-electron chi connectivity index (χ1n) is 9.42. The Hall–Kier alpha value is -1.58. The van der Waals surface area contributed by atoms with Crippen molar-refractivity contribution in [2.75, 3.05) is 31.9 Å². The molecule has 0 spiro atoms. The van der Waals surface area contributed by atoms with Gasteiger partial charge in [0, 0.05) is 18.8 Å². The summed E-state index contributed by atoms with van der Waals surface area (Å²) in [5, 5.41) is 3.57. The molecule has 1 saturated heterocycles. The molecule has 2 aliphatic rings. The van der Waals surface area contributed by atoms with E-state index in [-0.39, 0.29) is 0 Å². The van der Waals surface area contributed by atoms with Crippen LogP contribution in [-0.2, 0) is 6.54 Å². The van der Waals surface area contributed by atoms with Crippen molar-refractivity contribution in [3.8, 4) is 0 Å². The number of nitrogens with zero attached hydrogens (tertiary/aromatic N) is 1. The minimum Gasteiger partial charge on any atom is -0.399 e. The first-order chi connectivity index (χ1) is 11.8. The van der Waals surface area contributed by atoms with Gasteiger partial charge >= 0.3 is 0 Å². The summed E-state index contributed by atoms with van der Waals surface area (Å²) in [4.78, 5) is 2.62. The van der Waals surface area contributed by atoms with Gasteiger partial charge in [-0.2, -0.15) is 0 Å². The fourth-order valence-electron chi connectivity index (χ4n) is 3.65. The minimum absolute atomic E-state index is 0.838. The second-order valence-corrected chi connectivity index (χ2v) is 7.19. The van der Waals surface area contributed by atoms with Gasteiger partial charge in [-0.25, -0.2) is 0 Å². The first kappa shape index (κ1) is 17.2. The van der Waals surface area contributed by atoms with Gasteiger partial charge in [0.05, 0.1) is 0 Å². The molecule has 3 N–H and O–H groups in total. The Morgan fingerprint density at radius 1 is 1.08 bits per heavy atom. The molecule has 0 unspecified atom stereocenters. The van der Waals surface area contributed by atoms with Crippen LogP contribution in [0.1, 0.15) is 37.7 Å². The maximum absolute atomic E-state index is 5.72. The fourth-order valence-corrected chi connectivity index (χ4v) is 3.65. The van der Waals surface area contributed by atoms with Crippen LogP contribution in [0.25, 0.3) is 0 Å². The Kier molecular flexibility index (Phi) is 6.50. The third kappa shape index (κ3) is 5.50. The van der Waals surface area contributed by atoms with E-state index >= 15 is 0 Å². The second kappa shape index (κ2) is 9.05. The fraction of sp³-hybridized carbons (Fsp3) is 0.524. The van der Waals surface area contributed by atoms with Crippen molar-refractivity contribution >= 4 is 5.69 Å². The van der Waals surface area contributed by atoms with Crippen LogP contribution in [0.5, 0.6) is 0 Å². The third-order valence-corrected chi connectivity index (χ3v) is 5.22. The first-order valence-corrected chi connectivity index (χ1v) is 9.42. The number of nitrogen functional groups attached to an aromatic ring is 1. The van der Waals surface area contributed by atoms with E-state index in [2.05, 4.69) is 40.6 Å². The zero-order valence-electron chi connectivity index (χ0n) is 14.7. The average Bonchev–Trinajstić information content (AvgIpc) is 2.62. The molecular formula is C21H31N3. The van der Waals surface area contributed by atoms with Crippen molar-refractivity contribution in [2.45, 2.75) is 38.6 Å². The van der Waals surface area contributed by atoms with E-state index in [0.29, 0.717) is 0 Å². The molecule has 1 aliphatic heterocycles. The third-order valence-electron chi connectivity index (χ3n) is 5.22. The molecule has 1 fully saturated rings. The summed E-state index contributed by atoms with van der Waals surface area (Å²) in [5.41, 5.74) is 9.39. The molecule has 1 heterocycles. The number of nitrogens with one attached hydrogen (secondary N) is 1. The van der Waals surface area contributed by atoms with Crippen molar-refractivity contribution in [1.29, 1.82) is 0 Å². The van der Waals surface area contributed by atoms with Gasteiger partial charge in [-0.15, -0.1) is 0 Å². The minimum atomic E-state index is 0.838. The number of anilines is 1. The number of hydrogen-bond acceptors (Lipinski definition) is 3. The number of benzene rings is 1. The van der Waals surface area contributed by atoms with E-state index < -0.39 is 0 Å². The second-order valence-electron chi connectivity index (χ2n) is 7.19. The van der Waals surface area contributed by atoms with Crippen LogP contribution in [0.4, 0.5) is 5.69 Å². The van der Waals surface area contributed by atoms with Crippen LogP contribution >= 0.6 is 0 Å². The molecule has 0 bridgehead atoms. The Labute approximate surface area is 146 Å².